The van der Waals surface area contributed by atoms with Crippen LogP contribution in [0.25, 0.3) is 0 Å². The van der Waals surface area contributed by atoms with E-state index in [1.54, 1.807) is 7.11 Å². The summed E-state index contributed by atoms with van der Waals surface area (Å²) in [6.07, 6.45) is 0. The van der Waals surface area contributed by atoms with Gasteiger partial charge in [0.15, 0.2) is 0 Å². The van der Waals surface area contributed by atoms with Gasteiger partial charge in [0, 0.05) is 5.56 Å². The fourth-order valence-corrected chi connectivity index (χ4v) is 3.18. The van der Waals surface area contributed by atoms with Crippen molar-refractivity contribution in [3.8, 4) is 16.7 Å². The Morgan fingerprint density at radius 2 is 2.00 bits per heavy atom. The van der Waals surface area contributed by atoms with E-state index in [9.17, 15) is 0 Å². The van der Waals surface area contributed by atoms with E-state index in [2.05, 4.69) is 25.8 Å². The number of halogens is 2. The Kier molecular flexibility index (Phi) is 5.02. The highest BCUT2D eigenvalue weighted by Crippen LogP contribution is 2.39. The predicted molar refractivity (Wildman–Crippen MR) is 88.4 cm³/mol. The molecule has 1 aromatic heterocycles. The molecule has 0 spiro atoms. The Bertz CT molecular complexity index is 635. The molecule has 3 nitrogen and oxygen atoms in total. The van der Waals surface area contributed by atoms with Crippen molar-refractivity contribution in [2.45, 2.75) is 32.1 Å². The van der Waals surface area contributed by atoms with Gasteiger partial charge in [0.25, 0.3) is 5.19 Å². The lowest BCUT2D eigenvalue weighted by molar-refractivity contribution is 0.407. The molecule has 0 aliphatic carbocycles. The Morgan fingerprint density at radius 1 is 1.29 bits per heavy atom. The molecule has 21 heavy (non-hydrogen) atoms. The molecule has 6 heteroatoms. The Morgan fingerprint density at radius 3 is 2.52 bits per heavy atom. The maximum Gasteiger partial charge on any atom is 0.280 e. The summed E-state index contributed by atoms with van der Waals surface area (Å²) < 4.78 is 11.2. The molecule has 0 aliphatic heterocycles. The molecule has 0 bridgehead atoms. The summed E-state index contributed by atoms with van der Waals surface area (Å²) in [5, 5.41) is 0.891. The molecule has 0 unspecified atom stereocenters. The standard InChI is InChI=1S/C15H17Cl2NO2S/c1-15(2,3)10-7-9(19-4)5-6-11(10)20-14-18-13(17)12(8-16)21-14/h5-7H,8H2,1-4H3. The molecule has 0 saturated heterocycles. The number of aromatic nitrogens is 1. The van der Waals surface area contributed by atoms with Crippen LogP contribution in [0.3, 0.4) is 0 Å². The first-order valence-corrected chi connectivity index (χ1v) is 8.15. The maximum absolute atomic E-state index is 6.00. The zero-order chi connectivity index (χ0) is 15.6. The molecule has 1 heterocycles. The van der Waals surface area contributed by atoms with E-state index in [1.807, 2.05) is 18.2 Å². The van der Waals surface area contributed by atoms with Gasteiger partial charge in [-0.25, -0.2) is 0 Å². The number of nitrogens with zero attached hydrogens (tertiary/aromatic N) is 1. The minimum Gasteiger partial charge on any atom is -0.497 e. The molecular formula is C15H17Cl2NO2S. The molecule has 2 aromatic rings. The lowest BCUT2D eigenvalue weighted by atomic mass is 9.86. The van der Waals surface area contributed by atoms with Crippen LogP contribution in [0.5, 0.6) is 16.7 Å². The molecule has 0 aliphatic rings. The second kappa shape index (κ2) is 6.42. The molecular weight excluding hydrogens is 329 g/mol. The van der Waals surface area contributed by atoms with Crippen molar-refractivity contribution < 1.29 is 9.47 Å². The Balaban J connectivity index is 2.38. The Labute approximate surface area is 138 Å². The molecule has 1 aromatic carbocycles. The van der Waals surface area contributed by atoms with Crippen molar-refractivity contribution in [1.82, 2.24) is 4.98 Å². The summed E-state index contributed by atoms with van der Waals surface area (Å²) in [7, 11) is 1.65. The second-order valence-electron chi connectivity index (χ2n) is 5.54. The Hall–Kier alpha value is -0.970. The highest BCUT2D eigenvalue weighted by molar-refractivity contribution is 7.14. The van der Waals surface area contributed by atoms with Gasteiger partial charge < -0.3 is 9.47 Å². The van der Waals surface area contributed by atoms with Crippen LogP contribution in [0, 0.1) is 0 Å². The van der Waals surface area contributed by atoms with Gasteiger partial charge in [0.05, 0.1) is 17.9 Å². The zero-order valence-electron chi connectivity index (χ0n) is 12.4. The number of ether oxygens (including phenoxy) is 2. The molecule has 0 N–H and O–H groups in total. The molecule has 0 saturated carbocycles. The van der Waals surface area contributed by atoms with Crippen LogP contribution in [0.2, 0.25) is 5.15 Å². The minimum atomic E-state index is -0.0831. The monoisotopic (exact) mass is 345 g/mol. The first-order valence-electron chi connectivity index (χ1n) is 6.42. The van der Waals surface area contributed by atoms with Crippen LogP contribution >= 0.6 is 34.5 Å². The van der Waals surface area contributed by atoms with Crippen LogP contribution < -0.4 is 9.47 Å². The van der Waals surface area contributed by atoms with E-state index >= 15 is 0 Å². The van der Waals surface area contributed by atoms with E-state index < -0.39 is 0 Å². The summed E-state index contributed by atoms with van der Waals surface area (Å²) >= 11 is 13.2. The number of hydrogen-bond acceptors (Lipinski definition) is 4. The average molecular weight is 346 g/mol. The van der Waals surface area contributed by atoms with Gasteiger partial charge in [-0.05, 0) is 23.6 Å². The topological polar surface area (TPSA) is 31.4 Å². The molecule has 0 atom stereocenters. The predicted octanol–water partition coefficient (Wildman–Crippen LogP) is 5.63. The van der Waals surface area contributed by atoms with E-state index in [4.69, 9.17) is 32.7 Å². The maximum atomic E-state index is 6.00. The highest BCUT2D eigenvalue weighted by atomic mass is 35.5. The minimum absolute atomic E-state index is 0.0831. The van der Waals surface area contributed by atoms with Crippen molar-refractivity contribution in [2.75, 3.05) is 7.11 Å². The summed E-state index contributed by atoms with van der Waals surface area (Å²) in [6, 6.07) is 5.73. The quantitative estimate of drug-likeness (QED) is 0.672. The number of methoxy groups -OCH3 is 1. The summed E-state index contributed by atoms with van der Waals surface area (Å²) in [5.41, 5.74) is 0.959. The number of rotatable bonds is 4. The first kappa shape index (κ1) is 16.4. The summed E-state index contributed by atoms with van der Waals surface area (Å²) in [5.74, 6) is 1.87. The largest absolute Gasteiger partial charge is 0.497 e. The van der Waals surface area contributed by atoms with E-state index in [-0.39, 0.29) is 5.41 Å². The summed E-state index contributed by atoms with van der Waals surface area (Å²) in [4.78, 5) is 4.99. The molecule has 114 valence electrons. The van der Waals surface area contributed by atoms with Crippen LogP contribution in [0.4, 0.5) is 0 Å². The molecule has 0 fully saturated rings. The third-order valence-electron chi connectivity index (χ3n) is 2.94. The van der Waals surface area contributed by atoms with Crippen molar-refractivity contribution >= 4 is 34.5 Å². The number of thiazole rings is 1. The fourth-order valence-electron chi connectivity index (χ4n) is 1.84. The summed E-state index contributed by atoms with van der Waals surface area (Å²) in [6.45, 7) is 6.36. The van der Waals surface area contributed by atoms with Gasteiger partial charge in [-0.15, -0.1) is 11.6 Å². The van der Waals surface area contributed by atoms with Gasteiger partial charge in [-0.2, -0.15) is 4.98 Å². The van der Waals surface area contributed by atoms with Crippen LogP contribution in [0.1, 0.15) is 31.2 Å². The van der Waals surface area contributed by atoms with Gasteiger partial charge in [0.2, 0.25) is 0 Å². The highest BCUT2D eigenvalue weighted by Gasteiger charge is 2.21. The van der Waals surface area contributed by atoms with Gasteiger partial charge >= 0.3 is 0 Å². The van der Waals surface area contributed by atoms with Gasteiger partial charge in [-0.1, -0.05) is 43.7 Å². The number of alkyl halides is 1. The first-order chi connectivity index (χ1) is 9.85. The third kappa shape index (κ3) is 3.82. The van der Waals surface area contributed by atoms with Crippen LogP contribution in [0.15, 0.2) is 18.2 Å². The van der Waals surface area contributed by atoms with E-state index in [0.29, 0.717) is 16.2 Å². The van der Waals surface area contributed by atoms with Crippen molar-refractivity contribution in [2.24, 2.45) is 0 Å². The smallest absolute Gasteiger partial charge is 0.280 e. The lowest BCUT2D eigenvalue weighted by Crippen LogP contribution is -2.12. The molecule has 0 radical (unpaired) electrons. The van der Waals surface area contributed by atoms with Crippen LogP contribution in [-0.4, -0.2) is 12.1 Å². The van der Waals surface area contributed by atoms with Crippen molar-refractivity contribution in [1.29, 1.82) is 0 Å². The van der Waals surface area contributed by atoms with Gasteiger partial charge in [0.1, 0.15) is 16.7 Å². The molecule has 2 rings (SSSR count). The van der Waals surface area contributed by atoms with E-state index in [0.717, 1.165) is 21.9 Å². The lowest BCUT2D eigenvalue weighted by Gasteiger charge is -2.22. The molecule has 0 amide bonds. The number of hydrogen-bond donors (Lipinski definition) is 0. The number of benzene rings is 1. The van der Waals surface area contributed by atoms with E-state index in [1.165, 1.54) is 11.3 Å². The SMILES string of the molecule is COc1ccc(Oc2nc(Cl)c(CCl)s2)c(C(C)(C)C)c1. The van der Waals surface area contributed by atoms with Crippen molar-refractivity contribution in [3.05, 3.63) is 33.8 Å². The van der Waals surface area contributed by atoms with Gasteiger partial charge in [-0.3, -0.25) is 0 Å². The zero-order valence-corrected chi connectivity index (χ0v) is 14.7. The fraction of sp³-hybridized carbons (Fsp3) is 0.400. The third-order valence-corrected chi connectivity index (χ3v) is 4.73. The van der Waals surface area contributed by atoms with Crippen LogP contribution in [-0.2, 0) is 11.3 Å². The second-order valence-corrected chi connectivity index (χ2v) is 7.21. The van der Waals surface area contributed by atoms with Crippen molar-refractivity contribution in [3.63, 3.8) is 0 Å². The normalized spacial score (nSPS) is 11.5. The average Bonchev–Trinajstić information content (AvgIpc) is 2.78.